The number of amides is 1. The minimum atomic E-state index is -4.45. The molecule has 0 aliphatic heterocycles. The van der Waals surface area contributed by atoms with Crippen LogP contribution in [0.25, 0.3) is 0 Å². The van der Waals surface area contributed by atoms with E-state index in [1.807, 2.05) is 0 Å². The quantitative estimate of drug-likeness (QED) is 0.0238. The molecule has 0 aromatic rings. The second-order valence-corrected chi connectivity index (χ2v) is 19.6. The van der Waals surface area contributed by atoms with Crippen molar-refractivity contribution < 1.29 is 37.9 Å². The van der Waals surface area contributed by atoms with Gasteiger partial charge in [0.25, 0.3) is 0 Å². The van der Waals surface area contributed by atoms with E-state index in [0.717, 1.165) is 70.6 Å². The number of phosphoric acid groups is 1. The van der Waals surface area contributed by atoms with Gasteiger partial charge in [-0.2, -0.15) is 0 Å². The van der Waals surface area contributed by atoms with Crippen LogP contribution in [0.2, 0.25) is 0 Å². The zero-order chi connectivity index (χ0) is 49.5. The summed E-state index contributed by atoms with van der Waals surface area (Å²) >= 11 is 0. The van der Waals surface area contributed by atoms with Gasteiger partial charge in [-0.25, -0.2) is 4.57 Å². The molecule has 2 unspecified atom stereocenters. The molecule has 0 spiro atoms. The normalized spacial score (nSPS) is 13.8. The summed E-state index contributed by atoms with van der Waals surface area (Å²) < 4.78 is 27.0. The van der Waals surface area contributed by atoms with Gasteiger partial charge in [-0.05, 0) is 64.2 Å². The summed E-state index contributed by atoms with van der Waals surface area (Å²) in [5, 5.41) is 12.7. The Morgan fingerprint density at radius 3 is 1.24 bits per heavy atom. The molecule has 0 radical (unpaired) electrons. The Hall–Kier alpha value is -2.81. The molecule has 392 valence electrons. The highest BCUT2D eigenvalue weighted by atomic mass is 31.2. The number of carbonyl (C=O) groups is 2. The Morgan fingerprint density at radius 1 is 0.471 bits per heavy atom. The Bertz CT molecular complexity index is 1390. The van der Waals surface area contributed by atoms with Crippen molar-refractivity contribution in [1.29, 1.82) is 0 Å². The van der Waals surface area contributed by atoms with Crippen molar-refractivity contribution in [2.24, 2.45) is 0 Å². The monoisotopic (exact) mass is 972 g/mol. The molecule has 0 rings (SSSR count). The smallest absolute Gasteiger partial charge is 0.463 e. The lowest BCUT2D eigenvalue weighted by Crippen LogP contribution is -2.27. The summed E-state index contributed by atoms with van der Waals surface area (Å²) in [4.78, 5) is 34.1. The number of carbonyl (C=O) groups excluding carboxylic acids is 2. The van der Waals surface area contributed by atoms with Crippen LogP contribution in [0.1, 0.15) is 239 Å². The molecule has 1 amide bonds. The van der Waals surface area contributed by atoms with Crippen molar-refractivity contribution in [3.63, 3.8) is 0 Å². The van der Waals surface area contributed by atoms with Gasteiger partial charge in [0, 0.05) is 19.4 Å². The van der Waals surface area contributed by atoms with E-state index in [4.69, 9.17) is 13.8 Å². The molecule has 3 N–H and O–H groups in total. The number of rotatable bonds is 51. The van der Waals surface area contributed by atoms with Gasteiger partial charge in [0.1, 0.15) is 12.7 Å². The van der Waals surface area contributed by atoms with Crippen LogP contribution in [0.5, 0.6) is 0 Å². The first-order valence-corrected chi connectivity index (χ1v) is 29.1. The van der Waals surface area contributed by atoms with Crippen LogP contribution in [0.15, 0.2) is 85.1 Å². The number of hydrogen-bond acceptors (Lipinski definition) is 7. The van der Waals surface area contributed by atoms with E-state index >= 15 is 0 Å². The number of hydrogen-bond donors (Lipinski definition) is 3. The van der Waals surface area contributed by atoms with Crippen LogP contribution in [0.4, 0.5) is 0 Å². The number of aliphatic hydroxyl groups excluding tert-OH is 1. The SMILES string of the molecule is CC/C=C\C/C=C\C/C=C\C/C=C\C/C=C\C/C=C\C/C=C\CCCC(=O)NCCOP(=O)(O)OCC(O)COC(=O)CCCCCCCCCCCCCCCCCCCCCCCCCC. The van der Waals surface area contributed by atoms with Crippen molar-refractivity contribution in [1.82, 2.24) is 5.32 Å². The van der Waals surface area contributed by atoms with E-state index in [2.05, 4.69) is 104 Å². The molecule has 0 aliphatic carbocycles. The number of unbranched alkanes of at least 4 members (excludes halogenated alkanes) is 24. The summed E-state index contributed by atoms with van der Waals surface area (Å²) in [5.74, 6) is -0.574. The van der Waals surface area contributed by atoms with E-state index in [1.54, 1.807) is 0 Å². The van der Waals surface area contributed by atoms with E-state index in [9.17, 15) is 24.2 Å². The Labute approximate surface area is 417 Å². The molecule has 10 heteroatoms. The maximum absolute atomic E-state index is 12.2. The molecule has 9 nitrogen and oxygen atoms in total. The van der Waals surface area contributed by atoms with Crippen molar-refractivity contribution in [3.05, 3.63) is 85.1 Å². The summed E-state index contributed by atoms with van der Waals surface area (Å²) in [5.41, 5.74) is 0. The lowest BCUT2D eigenvalue weighted by Gasteiger charge is -2.15. The fourth-order valence-corrected chi connectivity index (χ4v) is 8.25. The zero-order valence-corrected chi connectivity index (χ0v) is 44.4. The van der Waals surface area contributed by atoms with Crippen molar-refractivity contribution >= 4 is 19.7 Å². The van der Waals surface area contributed by atoms with Crippen LogP contribution < -0.4 is 5.32 Å². The highest BCUT2D eigenvalue weighted by Gasteiger charge is 2.23. The number of ether oxygens (including phenoxy) is 1. The standard InChI is InChI=1S/C58H102NO8P/c1-3-5-7-9-11-13-15-17-19-21-23-25-27-29-31-33-35-37-39-41-43-45-47-49-51-58(62)65-54-56(60)55-67-68(63,64)66-53-52-59-57(61)50-48-46-44-42-40-38-36-34-32-30-28-26-24-22-20-18-16-14-12-10-8-6-4-2/h6,8,12,14,18,20,24,26,30,32,36,38,42,44,56,60H,3-5,7,9-11,13,15-17,19,21-23,25,27-29,31,33-35,37,39-41,43,45-55H2,1-2H3,(H,59,61)(H,63,64)/b8-6-,14-12-,20-18-,26-24-,32-30-,38-36-,44-42-. The van der Waals surface area contributed by atoms with Gasteiger partial charge in [0.05, 0.1) is 13.2 Å². The van der Waals surface area contributed by atoms with Crippen molar-refractivity contribution in [2.75, 3.05) is 26.4 Å². The first-order valence-electron chi connectivity index (χ1n) is 27.6. The average Bonchev–Trinajstić information content (AvgIpc) is 3.33. The highest BCUT2D eigenvalue weighted by molar-refractivity contribution is 7.47. The van der Waals surface area contributed by atoms with Gasteiger partial charge in [0.2, 0.25) is 5.91 Å². The molecular weight excluding hydrogens is 870 g/mol. The van der Waals surface area contributed by atoms with Gasteiger partial charge in [0.15, 0.2) is 0 Å². The first-order chi connectivity index (χ1) is 33.3. The first kappa shape index (κ1) is 65.2. The Balaban J connectivity index is 3.62. The minimum absolute atomic E-state index is 0.0467. The predicted molar refractivity (Wildman–Crippen MR) is 289 cm³/mol. The topological polar surface area (TPSA) is 131 Å². The van der Waals surface area contributed by atoms with E-state index in [1.165, 1.54) is 135 Å². The van der Waals surface area contributed by atoms with E-state index < -0.39 is 26.5 Å². The summed E-state index contributed by atoms with van der Waals surface area (Å²) in [6.45, 7) is 3.40. The Kier molecular flexibility index (Phi) is 51.3. The van der Waals surface area contributed by atoms with Crippen molar-refractivity contribution in [2.45, 2.75) is 245 Å². The molecule has 0 aromatic carbocycles. The summed E-state index contributed by atoms with van der Waals surface area (Å²) in [6, 6.07) is 0. The van der Waals surface area contributed by atoms with Crippen LogP contribution in [-0.2, 0) is 27.9 Å². The molecule has 0 saturated carbocycles. The maximum atomic E-state index is 12.2. The third-order valence-corrected chi connectivity index (χ3v) is 12.6. The number of phosphoric ester groups is 1. The molecule has 68 heavy (non-hydrogen) atoms. The van der Waals surface area contributed by atoms with Gasteiger partial charge in [-0.1, -0.05) is 247 Å². The van der Waals surface area contributed by atoms with Gasteiger partial charge in [-0.15, -0.1) is 0 Å². The summed E-state index contributed by atoms with van der Waals surface area (Å²) in [7, 11) is -4.45. The van der Waals surface area contributed by atoms with Crippen LogP contribution in [0.3, 0.4) is 0 Å². The highest BCUT2D eigenvalue weighted by Crippen LogP contribution is 2.42. The zero-order valence-electron chi connectivity index (χ0n) is 43.5. The van der Waals surface area contributed by atoms with E-state index in [-0.39, 0.29) is 32.1 Å². The molecule has 2 atom stereocenters. The molecule has 0 saturated heterocycles. The Morgan fingerprint density at radius 2 is 0.838 bits per heavy atom. The third kappa shape index (κ3) is 54.1. The second-order valence-electron chi connectivity index (χ2n) is 18.2. The second kappa shape index (κ2) is 53.5. The lowest BCUT2D eigenvalue weighted by molar-refractivity contribution is -0.147. The fourth-order valence-electron chi connectivity index (χ4n) is 7.49. The third-order valence-electron chi connectivity index (χ3n) is 11.6. The van der Waals surface area contributed by atoms with Crippen molar-refractivity contribution in [3.8, 4) is 0 Å². The fraction of sp³-hybridized carbons (Fsp3) is 0.724. The molecule has 0 heterocycles. The number of aliphatic hydroxyl groups is 1. The van der Waals surface area contributed by atoms with Crippen LogP contribution in [0, 0.1) is 0 Å². The minimum Gasteiger partial charge on any atom is -0.463 e. The predicted octanol–water partition coefficient (Wildman–Crippen LogP) is 16.7. The number of nitrogens with one attached hydrogen (secondary N) is 1. The number of esters is 1. The molecule has 0 bridgehead atoms. The van der Waals surface area contributed by atoms with Crippen LogP contribution >= 0.6 is 7.82 Å². The van der Waals surface area contributed by atoms with Crippen LogP contribution in [-0.4, -0.2) is 54.3 Å². The average molecular weight is 972 g/mol. The maximum Gasteiger partial charge on any atom is 0.472 e. The lowest BCUT2D eigenvalue weighted by atomic mass is 10.0. The van der Waals surface area contributed by atoms with E-state index in [0.29, 0.717) is 12.8 Å². The summed E-state index contributed by atoms with van der Waals surface area (Å²) in [6.07, 6.45) is 69.7. The molecule has 0 aliphatic rings. The van der Waals surface area contributed by atoms with Gasteiger partial charge < -0.3 is 20.1 Å². The molecule has 0 aromatic heterocycles. The largest absolute Gasteiger partial charge is 0.472 e. The molecular formula is C58H102NO8P. The number of allylic oxidation sites excluding steroid dienone is 14. The van der Waals surface area contributed by atoms with Gasteiger partial charge in [-0.3, -0.25) is 18.6 Å². The van der Waals surface area contributed by atoms with Gasteiger partial charge >= 0.3 is 13.8 Å². The molecule has 0 fully saturated rings.